The number of anilines is 1. The molecule has 2 aromatic rings. The fraction of sp³-hybridized carbons (Fsp3) is 0.154. The van der Waals surface area contributed by atoms with Gasteiger partial charge in [-0.2, -0.15) is 0 Å². The standard InChI is InChI=1S/C13H8Cl3N3O2S/c14-6-2-1-3-7(15)11(6)12-19(10(21)5-22-12)13-17-8(16)4-9(20)18-13/h1-4,12H,5H2,(H,17,18,20). The van der Waals surface area contributed by atoms with E-state index < -0.39 is 10.9 Å². The van der Waals surface area contributed by atoms with Gasteiger partial charge in [0.15, 0.2) is 0 Å². The monoisotopic (exact) mass is 375 g/mol. The van der Waals surface area contributed by atoms with E-state index in [1.807, 2.05) is 0 Å². The second-order valence-corrected chi connectivity index (χ2v) is 6.72. The molecule has 22 heavy (non-hydrogen) atoms. The van der Waals surface area contributed by atoms with Crippen molar-refractivity contribution in [3.05, 3.63) is 55.4 Å². The van der Waals surface area contributed by atoms with Gasteiger partial charge in [0.1, 0.15) is 10.5 Å². The molecule has 2 heterocycles. The predicted molar refractivity (Wildman–Crippen MR) is 89.0 cm³/mol. The zero-order valence-corrected chi connectivity index (χ0v) is 13.9. The number of aromatic nitrogens is 2. The molecular weight excluding hydrogens is 369 g/mol. The van der Waals surface area contributed by atoms with Gasteiger partial charge in [-0.3, -0.25) is 19.5 Å². The summed E-state index contributed by atoms with van der Waals surface area (Å²) in [6, 6.07) is 6.24. The van der Waals surface area contributed by atoms with E-state index in [0.717, 1.165) is 6.07 Å². The quantitative estimate of drug-likeness (QED) is 0.815. The van der Waals surface area contributed by atoms with Crippen molar-refractivity contribution in [1.29, 1.82) is 0 Å². The highest BCUT2D eigenvalue weighted by atomic mass is 35.5. The van der Waals surface area contributed by atoms with Crippen molar-refractivity contribution >= 4 is 58.4 Å². The molecule has 1 aliphatic heterocycles. The minimum Gasteiger partial charge on any atom is -0.292 e. The average molecular weight is 377 g/mol. The summed E-state index contributed by atoms with van der Waals surface area (Å²) in [5.41, 5.74) is 0.160. The lowest BCUT2D eigenvalue weighted by molar-refractivity contribution is -0.115. The van der Waals surface area contributed by atoms with E-state index >= 15 is 0 Å². The van der Waals surface area contributed by atoms with Gasteiger partial charge in [-0.25, -0.2) is 4.98 Å². The molecule has 0 bridgehead atoms. The lowest BCUT2D eigenvalue weighted by atomic mass is 10.2. The van der Waals surface area contributed by atoms with Crippen LogP contribution in [0.5, 0.6) is 0 Å². The van der Waals surface area contributed by atoms with Gasteiger partial charge in [-0.05, 0) is 12.1 Å². The van der Waals surface area contributed by atoms with Gasteiger partial charge in [0.05, 0.1) is 5.75 Å². The van der Waals surface area contributed by atoms with Crippen LogP contribution in [-0.4, -0.2) is 21.6 Å². The summed E-state index contributed by atoms with van der Waals surface area (Å²) in [7, 11) is 0. The van der Waals surface area contributed by atoms with E-state index in [2.05, 4.69) is 9.97 Å². The molecule has 3 rings (SSSR count). The fourth-order valence-electron chi connectivity index (χ4n) is 2.14. The van der Waals surface area contributed by atoms with Crippen LogP contribution in [0, 0.1) is 0 Å². The number of nitrogens with zero attached hydrogens (tertiary/aromatic N) is 2. The fourth-order valence-corrected chi connectivity index (χ4v) is 4.28. The second kappa shape index (κ2) is 6.12. The van der Waals surface area contributed by atoms with Crippen LogP contribution in [0.15, 0.2) is 29.1 Å². The molecule has 1 N–H and O–H groups in total. The van der Waals surface area contributed by atoms with Gasteiger partial charge in [0.25, 0.3) is 5.56 Å². The molecule has 0 saturated carbocycles. The Labute approximate surface area is 144 Å². The first-order valence-corrected chi connectivity index (χ1v) is 8.30. The van der Waals surface area contributed by atoms with Crippen molar-refractivity contribution in [2.24, 2.45) is 0 Å². The van der Waals surface area contributed by atoms with Crippen molar-refractivity contribution < 1.29 is 4.79 Å². The maximum atomic E-state index is 12.2. The molecule has 0 spiro atoms. The smallest absolute Gasteiger partial charge is 0.253 e. The Hall–Kier alpha value is -1.21. The second-order valence-electron chi connectivity index (χ2n) is 4.45. The van der Waals surface area contributed by atoms with Gasteiger partial charge >= 0.3 is 0 Å². The van der Waals surface area contributed by atoms with Crippen LogP contribution in [0.1, 0.15) is 10.9 Å². The maximum absolute atomic E-state index is 12.2. The summed E-state index contributed by atoms with van der Waals surface area (Å²) in [5.74, 6) is 0.0903. The molecule has 9 heteroatoms. The minimum absolute atomic E-state index is 0.00690. The molecule has 114 valence electrons. The summed E-state index contributed by atoms with van der Waals surface area (Å²) in [6.07, 6.45) is 0. The summed E-state index contributed by atoms with van der Waals surface area (Å²) in [5, 5.41) is 0.408. The van der Waals surface area contributed by atoms with E-state index in [-0.39, 0.29) is 22.8 Å². The number of nitrogens with one attached hydrogen (secondary N) is 1. The molecular formula is C13H8Cl3N3O2S. The average Bonchev–Trinajstić information content (AvgIpc) is 2.79. The molecule has 1 unspecified atom stereocenters. The summed E-state index contributed by atoms with van der Waals surface area (Å²) >= 11 is 19.6. The number of hydrogen-bond acceptors (Lipinski definition) is 4. The summed E-state index contributed by atoms with van der Waals surface area (Å²) in [4.78, 5) is 31.7. The zero-order valence-electron chi connectivity index (χ0n) is 10.8. The van der Waals surface area contributed by atoms with Crippen LogP contribution in [-0.2, 0) is 4.79 Å². The predicted octanol–water partition coefficient (Wildman–Crippen LogP) is 3.51. The Bertz CT molecular complexity index is 791. The number of aromatic amines is 1. The zero-order chi connectivity index (χ0) is 15.9. The van der Waals surface area contributed by atoms with E-state index in [9.17, 15) is 9.59 Å². The summed E-state index contributed by atoms with van der Waals surface area (Å²) < 4.78 is 0. The number of carbonyl (C=O) groups is 1. The van der Waals surface area contributed by atoms with E-state index in [1.54, 1.807) is 18.2 Å². The Kier molecular flexibility index (Phi) is 4.36. The lowest BCUT2D eigenvalue weighted by Crippen LogP contribution is -2.31. The molecule has 1 atom stereocenters. The number of amides is 1. The van der Waals surface area contributed by atoms with E-state index in [4.69, 9.17) is 34.8 Å². The highest BCUT2D eigenvalue weighted by Crippen LogP contribution is 2.45. The van der Waals surface area contributed by atoms with Crippen molar-refractivity contribution in [2.45, 2.75) is 5.37 Å². The molecule has 0 aliphatic carbocycles. The van der Waals surface area contributed by atoms with Crippen LogP contribution in [0.4, 0.5) is 5.95 Å². The van der Waals surface area contributed by atoms with Gasteiger partial charge in [0, 0.05) is 21.7 Å². The topological polar surface area (TPSA) is 66.1 Å². The van der Waals surface area contributed by atoms with Gasteiger partial charge in [0.2, 0.25) is 11.9 Å². The van der Waals surface area contributed by atoms with Gasteiger partial charge < -0.3 is 0 Å². The highest BCUT2D eigenvalue weighted by molar-refractivity contribution is 8.00. The van der Waals surface area contributed by atoms with Gasteiger partial charge in [-0.15, -0.1) is 11.8 Å². The third-order valence-electron chi connectivity index (χ3n) is 3.04. The van der Waals surface area contributed by atoms with Crippen molar-refractivity contribution in [3.63, 3.8) is 0 Å². The number of hydrogen-bond donors (Lipinski definition) is 1. The minimum atomic E-state index is -0.477. The Balaban J connectivity index is 2.12. The number of thioether (sulfide) groups is 1. The van der Waals surface area contributed by atoms with Crippen LogP contribution in [0.25, 0.3) is 0 Å². The third kappa shape index (κ3) is 2.84. The molecule has 1 aliphatic rings. The normalized spacial score (nSPS) is 18.0. The van der Waals surface area contributed by atoms with Crippen LogP contribution < -0.4 is 10.5 Å². The number of halogens is 3. The SMILES string of the molecule is O=C1CSC(c2c(Cl)cccc2Cl)N1c1nc(Cl)cc(=O)[nH]1. The molecule has 1 aromatic carbocycles. The first kappa shape index (κ1) is 15.7. The number of H-pyrrole nitrogens is 1. The molecule has 1 aromatic heterocycles. The Morgan fingerprint density at radius 3 is 2.55 bits per heavy atom. The van der Waals surface area contributed by atoms with Crippen LogP contribution >= 0.6 is 46.6 Å². The van der Waals surface area contributed by atoms with Gasteiger partial charge in [-0.1, -0.05) is 40.9 Å². The van der Waals surface area contributed by atoms with Crippen LogP contribution in [0.3, 0.4) is 0 Å². The Morgan fingerprint density at radius 2 is 1.91 bits per heavy atom. The molecule has 1 saturated heterocycles. The van der Waals surface area contributed by atoms with Crippen molar-refractivity contribution in [1.82, 2.24) is 9.97 Å². The Morgan fingerprint density at radius 1 is 1.23 bits per heavy atom. The number of benzene rings is 1. The largest absolute Gasteiger partial charge is 0.292 e. The van der Waals surface area contributed by atoms with Crippen molar-refractivity contribution in [2.75, 3.05) is 10.7 Å². The first-order valence-electron chi connectivity index (χ1n) is 6.12. The lowest BCUT2D eigenvalue weighted by Gasteiger charge is -2.24. The van der Waals surface area contributed by atoms with E-state index in [1.165, 1.54) is 16.7 Å². The first-order chi connectivity index (χ1) is 10.5. The highest BCUT2D eigenvalue weighted by Gasteiger charge is 2.37. The molecule has 1 fully saturated rings. The molecule has 1 amide bonds. The molecule has 5 nitrogen and oxygen atoms in total. The third-order valence-corrected chi connectivity index (χ3v) is 5.07. The van der Waals surface area contributed by atoms with Crippen molar-refractivity contribution in [3.8, 4) is 0 Å². The maximum Gasteiger partial charge on any atom is 0.253 e. The number of rotatable bonds is 2. The van der Waals surface area contributed by atoms with E-state index in [0.29, 0.717) is 15.6 Å². The number of carbonyl (C=O) groups excluding carboxylic acids is 1. The molecule has 0 radical (unpaired) electrons. The van der Waals surface area contributed by atoms with Crippen LogP contribution in [0.2, 0.25) is 15.2 Å². The summed E-state index contributed by atoms with van der Waals surface area (Å²) in [6.45, 7) is 0.